The maximum atomic E-state index is 13.2. The van der Waals surface area contributed by atoms with Crippen LogP contribution in [-0.4, -0.2) is 53.3 Å². The first-order valence-electron chi connectivity index (χ1n) is 10.9. The molecule has 1 amide bonds. The van der Waals surface area contributed by atoms with Crippen molar-refractivity contribution in [2.24, 2.45) is 0 Å². The quantitative estimate of drug-likeness (QED) is 0.588. The van der Waals surface area contributed by atoms with Gasteiger partial charge in [-0.2, -0.15) is 5.10 Å². The van der Waals surface area contributed by atoms with E-state index in [1.807, 2.05) is 50.2 Å². The van der Waals surface area contributed by atoms with Crippen molar-refractivity contribution in [3.05, 3.63) is 60.0 Å². The molecule has 1 N–H and O–H groups in total. The number of hydrogen-bond acceptors (Lipinski definition) is 5. The van der Waals surface area contributed by atoms with Gasteiger partial charge in [-0.1, -0.05) is 25.1 Å². The number of sulfonamides is 1. The number of carbonyl (C=O) groups excluding carboxylic acids is 1. The number of nitrogens with one attached hydrogen (secondary N) is 1. The van der Waals surface area contributed by atoms with Crippen LogP contribution in [0, 0.1) is 6.92 Å². The monoisotopic (exact) mass is 456 g/mol. The van der Waals surface area contributed by atoms with Gasteiger partial charge in [-0.25, -0.2) is 17.4 Å². The molecule has 32 heavy (non-hydrogen) atoms. The lowest BCUT2D eigenvalue weighted by atomic mass is 10.1. The summed E-state index contributed by atoms with van der Waals surface area (Å²) >= 11 is 0. The molecule has 0 spiro atoms. The van der Waals surface area contributed by atoms with Crippen molar-refractivity contribution in [1.82, 2.24) is 19.4 Å². The Morgan fingerprint density at radius 3 is 2.50 bits per heavy atom. The summed E-state index contributed by atoms with van der Waals surface area (Å²) in [7, 11) is -3.21. The Morgan fingerprint density at radius 2 is 1.88 bits per heavy atom. The summed E-state index contributed by atoms with van der Waals surface area (Å²) in [5.74, 6) is 1.18. The number of aromatic nitrogens is 2. The number of para-hydroxylation sites is 1. The molecule has 3 aromatic rings. The Hall–Kier alpha value is -2.91. The third-order valence-corrected chi connectivity index (χ3v) is 7.67. The predicted molar refractivity (Wildman–Crippen MR) is 122 cm³/mol. The number of amides is 1. The SMILES string of the molecule is CCCS(=O)(=O)N1CCC(NC(=O)c2cn(-c3ccccc3)nc2-c2ccc(C)o2)CC1. The minimum absolute atomic E-state index is 0.0955. The van der Waals surface area contributed by atoms with Gasteiger partial charge in [0.2, 0.25) is 10.0 Å². The topological polar surface area (TPSA) is 97.4 Å². The lowest BCUT2D eigenvalue weighted by Gasteiger charge is -2.31. The van der Waals surface area contributed by atoms with Crippen molar-refractivity contribution < 1.29 is 17.6 Å². The van der Waals surface area contributed by atoms with Gasteiger partial charge in [0.25, 0.3) is 5.91 Å². The maximum absolute atomic E-state index is 13.2. The molecule has 0 bridgehead atoms. The molecule has 0 aliphatic carbocycles. The summed E-state index contributed by atoms with van der Waals surface area (Å²) < 4.78 is 33.5. The number of carbonyl (C=O) groups is 1. The molecule has 0 saturated carbocycles. The Balaban J connectivity index is 1.53. The average molecular weight is 457 g/mol. The Kier molecular flexibility index (Phi) is 6.48. The number of furan rings is 1. The largest absolute Gasteiger partial charge is 0.460 e. The molecule has 170 valence electrons. The van der Waals surface area contributed by atoms with Crippen molar-refractivity contribution >= 4 is 15.9 Å². The molecule has 0 atom stereocenters. The highest BCUT2D eigenvalue weighted by Crippen LogP contribution is 2.26. The molecule has 1 aromatic carbocycles. The molecule has 4 rings (SSSR count). The summed E-state index contributed by atoms with van der Waals surface area (Å²) in [6.45, 7) is 4.54. The van der Waals surface area contributed by atoms with E-state index in [9.17, 15) is 13.2 Å². The van der Waals surface area contributed by atoms with E-state index in [2.05, 4.69) is 10.4 Å². The Bertz CT molecular complexity index is 1180. The average Bonchev–Trinajstić information content (AvgIpc) is 3.41. The summed E-state index contributed by atoms with van der Waals surface area (Å²) in [5.41, 5.74) is 1.73. The molecule has 0 radical (unpaired) electrons. The van der Waals surface area contributed by atoms with Crippen LogP contribution in [0.15, 0.2) is 53.1 Å². The van der Waals surface area contributed by atoms with Gasteiger partial charge in [-0.05, 0) is 50.5 Å². The van der Waals surface area contributed by atoms with E-state index in [1.54, 1.807) is 16.9 Å². The molecule has 8 nitrogen and oxygen atoms in total. The number of benzene rings is 1. The van der Waals surface area contributed by atoms with Crippen molar-refractivity contribution in [2.45, 2.75) is 39.2 Å². The minimum atomic E-state index is -3.21. The van der Waals surface area contributed by atoms with E-state index in [-0.39, 0.29) is 17.7 Å². The second kappa shape index (κ2) is 9.30. The van der Waals surface area contributed by atoms with E-state index >= 15 is 0 Å². The van der Waals surface area contributed by atoms with Crippen LogP contribution < -0.4 is 5.32 Å². The summed E-state index contributed by atoms with van der Waals surface area (Å²) in [4.78, 5) is 13.2. The van der Waals surface area contributed by atoms with Crippen LogP contribution in [0.25, 0.3) is 17.1 Å². The second-order valence-corrected chi connectivity index (χ2v) is 10.1. The fourth-order valence-electron chi connectivity index (χ4n) is 3.93. The van der Waals surface area contributed by atoms with Crippen molar-refractivity contribution in [3.8, 4) is 17.1 Å². The number of nitrogens with zero attached hydrogens (tertiary/aromatic N) is 3. The van der Waals surface area contributed by atoms with Crippen molar-refractivity contribution in [1.29, 1.82) is 0 Å². The Labute approximate surface area is 188 Å². The van der Waals surface area contributed by atoms with Gasteiger partial charge in [0.15, 0.2) is 5.76 Å². The van der Waals surface area contributed by atoms with Crippen LogP contribution in [0.1, 0.15) is 42.3 Å². The highest BCUT2D eigenvalue weighted by atomic mass is 32.2. The van der Waals surface area contributed by atoms with E-state index in [1.165, 1.54) is 4.31 Å². The van der Waals surface area contributed by atoms with Crippen LogP contribution in [0.3, 0.4) is 0 Å². The van der Waals surface area contributed by atoms with Crippen LogP contribution in [-0.2, 0) is 10.0 Å². The fourth-order valence-corrected chi connectivity index (χ4v) is 5.47. The first-order valence-corrected chi connectivity index (χ1v) is 12.5. The zero-order valence-corrected chi connectivity index (χ0v) is 19.1. The normalized spacial score (nSPS) is 15.7. The third-order valence-electron chi connectivity index (χ3n) is 5.60. The van der Waals surface area contributed by atoms with E-state index < -0.39 is 10.0 Å². The van der Waals surface area contributed by atoms with Gasteiger partial charge >= 0.3 is 0 Å². The first kappa shape index (κ1) is 22.3. The van der Waals surface area contributed by atoms with Crippen LogP contribution >= 0.6 is 0 Å². The second-order valence-electron chi connectivity index (χ2n) is 8.04. The van der Waals surface area contributed by atoms with Crippen molar-refractivity contribution in [2.75, 3.05) is 18.8 Å². The Morgan fingerprint density at radius 1 is 1.16 bits per heavy atom. The standard InChI is InChI=1S/C23H28N4O4S/c1-3-15-32(29,30)26-13-11-18(12-14-26)24-23(28)20-16-27(19-7-5-4-6-8-19)25-22(20)21-10-9-17(2)31-21/h4-10,16,18H,3,11-15H2,1-2H3,(H,24,28). The lowest BCUT2D eigenvalue weighted by Crippen LogP contribution is -2.47. The summed E-state index contributed by atoms with van der Waals surface area (Å²) in [5, 5.41) is 7.68. The molecular weight excluding hydrogens is 428 g/mol. The summed E-state index contributed by atoms with van der Waals surface area (Å²) in [6.07, 6.45) is 3.46. The van der Waals surface area contributed by atoms with Crippen LogP contribution in [0.2, 0.25) is 0 Å². The molecule has 1 aliphatic heterocycles. The molecule has 1 aliphatic rings. The van der Waals surface area contributed by atoms with Crippen LogP contribution in [0.5, 0.6) is 0 Å². The molecular formula is C23H28N4O4S. The highest BCUT2D eigenvalue weighted by Gasteiger charge is 2.29. The lowest BCUT2D eigenvalue weighted by molar-refractivity contribution is 0.0924. The molecule has 9 heteroatoms. The number of aryl methyl sites for hydroxylation is 1. The highest BCUT2D eigenvalue weighted by molar-refractivity contribution is 7.89. The predicted octanol–water partition coefficient (Wildman–Crippen LogP) is 3.37. The molecule has 1 fully saturated rings. The third kappa shape index (κ3) is 4.78. The van der Waals surface area contributed by atoms with Gasteiger partial charge < -0.3 is 9.73 Å². The zero-order chi connectivity index (χ0) is 22.7. The number of rotatable bonds is 7. The van der Waals surface area contributed by atoms with Crippen LogP contribution in [0.4, 0.5) is 0 Å². The number of piperidine rings is 1. The van der Waals surface area contributed by atoms with Gasteiger partial charge in [-0.15, -0.1) is 0 Å². The van der Waals surface area contributed by atoms with Gasteiger partial charge in [0, 0.05) is 25.3 Å². The first-order chi connectivity index (χ1) is 15.4. The van der Waals surface area contributed by atoms with E-state index in [0.717, 1.165) is 11.4 Å². The van der Waals surface area contributed by atoms with Crippen molar-refractivity contribution in [3.63, 3.8) is 0 Å². The smallest absolute Gasteiger partial charge is 0.255 e. The molecule has 1 saturated heterocycles. The molecule has 3 heterocycles. The maximum Gasteiger partial charge on any atom is 0.255 e. The summed E-state index contributed by atoms with van der Waals surface area (Å²) in [6, 6.07) is 13.1. The number of hydrogen-bond donors (Lipinski definition) is 1. The van der Waals surface area contributed by atoms with E-state index in [0.29, 0.717) is 49.4 Å². The fraction of sp³-hybridized carbons (Fsp3) is 0.391. The van der Waals surface area contributed by atoms with Gasteiger partial charge in [-0.3, -0.25) is 4.79 Å². The zero-order valence-electron chi connectivity index (χ0n) is 18.3. The molecule has 0 unspecified atom stereocenters. The molecule has 2 aromatic heterocycles. The van der Waals surface area contributed by atoms with Gasteiger partial charge in [0.05, 0.1) is 17.0 Å². The van der Waals surface area contributed by atoms with E-state index in [4.69, 9.17) is 4.42 Å². The minimum Gasteiger partial charge on any atom is -0.460 e. The van der Waals surface area contributed by atoms with Gasteiger partial charge in [0.1, 0.15) is 11.5 Å².